The van der Waals surface area contributed by atoms with Gasteiger partial charge in [-0.05, 0) is 53.1 Å². The Morgan fingerprint density at radius 1 is 0.441 bits per heavy atom. The van der Waals surface area contributed by atoms with Crippen LogP contribution >= 0.6 is 0 Å². The van der Waals surface area contributed by atoms with Gasteiger partial charge in [-0.2, -0.15) is 0 Å². The smallest absolute Gasteiger partial charge is 0.433 e. The van der Waals surface area contributed by atoms with E-state index in [0.717, 1.165) is 0 Å². The van der Waals surface area contributed by atoms with Gasteiger partial charge in [-0.1, -0.05) is 112 Å². The van der Waals surface area contributed by atoms with Crippen molar-refractivity contribution in [2.45, 2.75) is 44.1 Å². The minimum atomic E-state index is -1.96. The topological polar surface area (TPSA) is 256 Å². The van der Waals surface area contributed by atoms with E-state index in [2.05, 4.69) is 0 Å². The van der Waals surface area contributed by atoms with Gasteiger partial charge in [0.15, 0.2) is 0 Å². The normalized spacial score (nSPS) is 13.1. The van der Waals surface area contributed by atoms with E-state index in [4.69, 9.17) is 28.4 Å². The fraction of sp³-hybridized carbons (Fsp3) is 0.204. The molecule has 0 aliphatic rings. The molecule has 0 amide bonds. The number of nitro benzene ring substituents is 3. The van der Waals surface area contributed by atoms with Crippen LogP contribution < -0.4 is 14.2 Å². The summed E-state index contributed by atoms with van der Waals surface area (Å²) in [6, 6.07) is 35.6. The van der Waals surface area contributed by atoms with Crippen LogP contribution in [0.4, 0.5) is 31.4 Å². The lowest BCUT2D eigenvalue weighted by molar-refractivity contribution is -0.385. The summed E-state index contributed by atoms with van der Waals surface area (Å²) in [6.45, 7) is 4.34. The second kappa shape index (κ2) is 22.0. The van der Waals surface area contributed by atoms with Gasteiger partial charge in [0.1, 0.15) is 42.7 Å². The fourth-order valence-corrected chi connectivity index (χ4v) is 7.23. The number of hydrogen-bond donors (Lipinski definition) is 1. The molecule has 0 fully saturated rings. The van der Waals surface area contributed by atoms with Gasteiger partial charge in [0, 0.05) is 52.6 Å². The van der Waals surface area contributed by atoms with Gasteiger partial charge in [-0.15, -0.1) is 0 Å². The van der Waals surface area contributed by atoms with Crippen LogP contribution in [0.15, 0.2) is 146 Å². The Bertz CT molecular complexity index is 2480. The van der Waals surface area contributed by atoms with Crippen molar-refractivity contribution in [1.82, 2.24) is 0 Å². The lowest BCUT2D eigenvalue weighted by Crippen LogP contribution is -2.29. The molecule has 0 aliphatic carbocycles. The first-order valence-electron chi connectivity index (χ1n) is 20.8. The third-order valence-electron chi connectivity index (χ3n) is 10.8. The highest BCUT2D eigenvalue weighted by molar-refractivity contribution is 5.66. The van der Waals surface area contributed by atoms with Crippen molar-refractivity contribution >= 4 is 35.5 Å². The summed E-state index contributed by atoms with van der Waals surface area (Å²) in [4.78, 5) is 71.0. The maximum atomic E-state index is 12.7. The zero-order valence-electron chi connectivity index (χ0n) is 36.6. The summed E-state index contributed by atoms with van der Waals surface area (Å²) in [5.41, 5.74) is -0.397. The van der Waals surface area contributed by atoms with Crippen molar-refractivity contribution in [1.29, 1.82) is 0 Å². The molecule has 6 aromatic rings. The molecular weight excluding hydrogens is 887 g/mol. The molecule has 3 atom stereocenters. The summed E-state index contributed by atoms with van der Waals surface area (Å²) in [5.74, 6) is -1.48. The molecule has 6 rings (SSSR count). The number of benzene rings is 6. The summed E-state index contributed by atoms with van der Waals surface area (Å²) in [5, 5.41) is 47.1. The number of para-hydroxylation sites is 3. The van der Waals surface area contributed by atoms with Crippen LogP contribution in [0.25, 0.3) is 0 Å². The van der Waals surface area contributed by atoms with Crippen LogP contribution in [0.5, 0.6) is 17.2 Å². The molecule has 3 unspecified atom stereocenters. The first-order chi connectivity index (χ1) is 32.5. The minimum absolute atomic E-state index is 0.0383. The van der Waals surface area contributed by atoms with Gasteiger partial charge in [-0.25, -0.2) is 14.4 Å². The SMILES string of the molecule is CC(COC(=O)Oc1ccc(C(O)(c2ccc(OC(=O)OCC(C)c3ccccc3[N+](=O)[O-])cc2)c2ccc(OC(=O)OCC(C)c3ccccc3[N+](=O)[O-])cc2)cc1)c1ccccc1[N+](=O)[O-]. The molecule has 68 heavy (non-hydrogen) atoms. The number of carbonyl (C=O) groups excluding carboxylic acids is 3. The van der Waals surface area contributed by atoms with E-state index in [-0.39, 0.29) is 70.8 Å². The molecule has 1 N–H and O–H groups in total. The first-order valence-corrected chi connectivity index (χ1v) is 20.8. The second-order valence-electron chi connectivity index (χ2n) is 15.4. The quantitative estimate of drug-likeness (QED) is 0.0210. The number of ether oxygens (including phenoxy) is 6. The summed E-state index contributed by atoms with van der Waals surface area (Å²) in [6.07, 6.45) is -3.23. The fourth-order valence-electron chi connectivity index (χ4n) is 7.23. The van der Waals surface area contributed by atoms with Crippen molar-refractivity contribution in [3.05, 3.63) is 209 Å². The first kappa shape index (κ1) is 48.7. The zero-order valence-corrected chi connectivity index (χ0v) is 36.6. The van der Waals surface area contributed by atoms with Crippen LogP contribution in [0, 0.1) is 30.3 Å². The van der Waals surface area contributed by atoms with E-state index in [0.29, 0.717) is 16.7 Å². The number of nitro groups is 3. The predicted octanol–water partition coefficient (Wildman–Crippen LogP) is 10.7. The van der Waals surface area contributed by atoms with Crippen molar-refractivity contribution in [3.8, 4) is 17.2 Å². The number of nitrogens with zero attached hydrogens (tertiary/aromatic N) is 3. The zero-order chi connectivity index (χ0) is 49.0. The monoisotopic (exact) mass is 929 g/mol. The lowest BCUT2D eigenvalue weighted by atomic mass is 9.80. The predicted molar refractivity (Wildman–Crippen MR) is 242 cm³/mol. The van der Waals surface area contributed by atoms with Gasteiger partial charge < -0.3 is 33.5 Å². The molecule has 0 aliphatic heterocycles. The molecule has 350 valence electrons. The molecule has 0 radical (unpaired) electrons. The summed E-state index contributed by atoms with van der Waals surface area (Å²) in [7, 11) is 0. The summed E-state index contributed by atoms with van der Waals surface area (Å²) >= 11 is 0. The third-order valence-corrected chi connectivity index (χ3v) is 10.8. The number of hydrogen-bond acceptors (Lipinski definition) is 16. The summed E-state index contributed by atoms with van der Waals surface area (Å²) < 4.78 is 31.9. The molecule has 0 aromatic heterocycles. The number of aliphatic hydroxyl groups is 1. The Labute approximate surface area is 387 Å². The average Bonchev–Trinajstić information content (AvgIpc) is 3.34. The van der Waals surface area contributed by atoms with Gasteiger partial charge >= 0.3 is 18.5 Å². The molecular formula is C49H43N3O16. The number of carbonyl (C=O) groups is 3. The highest BCUT2D eigenvalue weighted by Crippen LogP contribution is 2.39. The van der Waals surface area contributed by atoms with Crippen LogP contribution in [0.2, 0.25) is 0 Å². The molecule has 19 nitrogen and oxygen atoms in total. The van der Waals surface area contributed by atoms with Crippen LogP contribution in [-0.2, 0) is 19.8 Å². The van der Waals surface area contributed by atoms with Gasteiger partial charge in [-0.3, -0.25) is 30.3 Å². The highest BCUT2D eigenvalue weighted by Gasteiger charge is 2.35. The van der Waals surface area contributed by atoms with Crippen molar-refractivity contribution in [3.63, 3.8) is 0 Å². The van der Waals surface area contributed by atoms with Gasteiger partial charge in [0.2, 0.25) is 0 Å². The maximum absolute atomic E-state index is 12.7. The Kier molecular flexibility index (Phi) is 15.8. The molecule has 0 saturated heterocycles. The molecule has 0 spiro atoms. The standard InChI is InChI=1S/C49H43N3O16/c1-31(40-10-4-7-13-43(40)50(57)58)28-63-46(53)66-37-22-16-34(17-23-37)49(56,35-18-24-38(25-19-35)67-47(54)64-29-32(2)41-11-5-8-14-44(41)51(59)60)36-20-26-39(27-21-36)68-48(55)65-30-33(3)42-12-6-9-15-45(42)52(61)62/h4-27,31-33,56H,28-30H2,1-3H3. The Morgan fingerprint density at radius 2 is 0.676 bits per heavy atom. The highest BCUT2D eigenvalue weighted by atomic mass is 16.7. The van der Waals surface area contributed by atoms with E-state index in [1.54, 1.807) is 57.2 Å². The van der Waals surface area contributed by atoms with Gasteiger partial charge in [0.25, 0.3) is 17.1 Å². The molecule has 0 saturated carbocycles. The second-order valence-corrected chi connectivity index (χ2v) is 15.4. The molecule has 0 heterocycles. The van der Waals surface area contributed by atoms with E-state index in [9.17, 15) is 49.8 Å². The van der Waals surface area contributed by atoms with E-state index >= 15 is 0 Å². The average molecular weight is 930 g/mol. The van der Waals surface area contributed by atoms with Crippen LogP contribution in [-0.4, -0.2) is 58.2 Å². The van der Waals surface area contributed by atoms with Crippen LogP contribution in [0.3, 0.4) is 0 Å². The van der Waals surface area contributed by atoms with Crippen LogP contribution in [0.1, 0.15) is 71.9 Å². The largest absolute Gasteiger partial charge is 0.513 e. The maximum Gasteiger partial charge on any atom is 0.513 e. The minimum Gasteiger partial charge on any atom is -0.433 e. The Morgan fingerprint density at radius 3 is 0.912 bits per heavy atom. The van der Waals surface area contributed by atoms with Crippen molar-refractivity contribution in [2.24, 2.45) is 0 Å². The van der Waals surface area contributed by atoms with Crippen molar-refractivity contribution < 1.29 is 62.7 Å². The lowest BCUT2D eigenvalue weighted by Gasteiger charge is -2.30. The Hall–Kier alpha value is -8.71. The third kappa shape index (κ3) is 11.9. The van der Waals surface area contributed by atoms with E-state index in [1.165, 1.54) is 109 Å². The number of rotatable bonds is 18. The molecule has 6 aromatic carbocycles. The molecule has 0 bridgehead atoms. The van der Waals surface area contributed by atoms with E-state index < -0.39 is 56.6 Å². The van der Waals surface area contributed by atoms with E-state index in [1.807, 2.05) is 0 Å². The van der Waals surface area contributed by atoms with Crippen molar-refractivity contribution in [2.75, 3.05) is 19.8 Å². The van der Waals surface area contributed by atoms with Gasteiger partial charge in [0.05, 0.1) is 14.8 Å². The Balaban J connectivity index is 1.17. The molecule has 19 heteroatoms.